The van der Waals surface area contributed by atoms with Gasteiger partial charge in [-0.05, 0) is 56.3 Å². The molecule has 0 bridgehead atoms. The second kappa shape index (κ2) is 10.4. The van der Waals surface area contributed by atoms with Crippen LogP contribution in [0.5, 0.6) is 0 Å². The molecule has 1 saturated heterocycles. The fourth-order valence-corrected chi connectivity index (χ4v) is 4.89. The number of benzene rings is 2. The average Bonchev–Trinajstić information content (AvgIpc) is 3.09. The highest BCUT2D eigenvalue weighted by molar-refractivity contribution is 8.00. The maximum atomic E-state index is 12.9. The molecule has 2 aromatic carbocycles. The molecule has 4 rings (SSSR count). The van der Waals surface area contributed by atoms with E-state index in [9.17, 15) is 19.2 Å². The summed E-state index contributed by atoms with van der Waals surface area (Å²) in [5.74, 6) is -1.86. The Morgan fingerprint density at radius 2 is 1.71 bits per heavy atom. The number of thioether (sulfide) groups is 1. The van der Waals surface area contributed by atoms with Gasteiger partial charge >= 0.3 is 5.97 Å². The molecule has 0 N–H and O–H groups in total. The number of ketones is 1. The van der Waals surface area contributed by atoms with Crippen LogP contribution in [0.3, 0.4) is 0 Å². The minimum Gasteiger partial charge on any atom is -0.454 e. The van der Waals surface area contributed by atoms with E-state index in [0.29, 0.717) is 10.8 Å². The van der Waals surface area contributed by atoms with Gasteiger partial charge in [-0.15, -0.1) is 0 Å². The van der Waals surface area contributed by atoms with Gasteiger partial charge in [0, 0.05) is 23.4 Å². The van der Waals surface area contributed by atoms with Gasteiger partial charge in [-0.1, -0.05) is 35.5 Å². The number of hydrogen-bond acceptors (Lipinski definition) is 8. The predicted molar refractivity (Wildman–Crippen MR) is 131 cm³/mol. The fourth-order valence-electron chi connectivity index (χ4n) is 3.57. The number of nitrogens with zero attached hydrogens (tertiary/aromatic N) is 3. The molecular weight excluding hydrogens is 490 g/mol. The Hall–Kier alpha value is -3.56. The van der Waals surface area contributed by atoms with Crippen molar-refractivity contribution >= 4 is 52.6 Å². The van der Waals surface area contributed by atoms with E-state index in [-0.39, 0.29) is 34.4 Å². The quantitative estimate of drug-likeness (QED) is 0.202. The lowest BCUT2D eigenvalue weighted by Gasteiger charge is -2.15. The highest BCUT2D eigenvalue weighted by Crippen LogP contribution is 2.33. The highest BCUT2D eigenvalue weighted by Gasteiger charge is 2.40. The SMILES string of the molecule is Cc1cc(C)nc(SC2CC(=O)N(c3ccc(C(=O)OCC(=O)c4ccccc4Cl)cc3)C2=O)n1. The van der Waals surface area contributed by atoms with Gasteiger partial charge in [-0.25, -0.2) is 19.7 Å². The van der Waals surface area contributed by atoms with Crippen LogP contribution in [0.4, 0.5) is 5.69 Å². The molecule has 10 heteroatoms. The Bertz CT molecular complexity index is 1310. The summed E-state index contributed by atoms with van der Waals surface area (Å²) in [6.45, 7) is 3.21. The molecule has 0 saturated carbocycles. The average molecular weight is 510 g/mol. The number of halogens is 1. The zero-order valence-electron chi connectivity index (χ0n) is 18.9. The van der Waals surface area contributed by atoms with Crippen LogP contribution in [-0.2, 0) is 14.3 Å². The zero-order valence-corrected chi connectivity index (χ0v) is 20.4. The molecule has 2 amide bonds. The van der Waals surface area contributed by atoms with Gasteiger partial charge in [-0.2, -0.15) is 0 Å². The molecule has 1 aliphatic heterocycles. The molecule has 3 aromatic rings. The molecule has 1 fully saturated rings. The molecule has 0 radical (unpaired) electrons. The largest absolute Gasteiger partial charge is 0.454 e. The summed E-state index contributed by atoms with van der Waals surface area (Å²) < 4.78 is 5.10. The number of amides is 2. The number of Topliss-reactive ketones (excluding diaryl/α,β-unsaturated/α-hetero) is 1. The van der Waals surface area contributed by atoms with Crippen molar-refractivity contribution < 1.29 is 23.9 Å². The van der Waals surface area contributed by atoms with E-state index >= 15 is 0 Å². The molecule has 1 aliphatic rings. The van der Waals surface area contributed by atoms with Crippen molar-refractivity contribution in [2.24, 2.45) is 0 Å². The fraction of sp³-hybridized carbons (Fsp3) is 0.200. The number of aromatic nitrogens is 2. The first-order valence-electron chi connectivity index (χ1n) is 10.6. The van der Waals surface area contributed by atoms with Crippen molar-refractivity contribution in [3.63, 3.8) is 0 Å². The third-order valence-corrected chi connectivity index (χ3v) is 6.56. The summed E-state index contributed by atoms with van der Waals surface area (Å²) in [6, 6.07) is 14.2. The zero-order chi connectivity index (χ0) is 25.1. The molecule has 35 heavy (non-hydrogen) atoms. The standard InChI is InChI=1S/C25H20ClN3O5S/c1-14-11-15(2)28-25(27-14)35-21-12-22(31)29(23(21)32)17-9-7-16(8-10-17)24(33)34-13-20(30)18-5-3-4-6-19(18)26/h3-11,21H,12-13H2,1-2H3. The first-order valence-corrected chi connectivity index (χ1v) is 11.9. The van der Waals surface area contributed by atoms with Gasteiger partial charge in [0.05, 0.1) is 16.3 Å². The van der Waals surface area contributed by atoms with Gasteiger partial charge in [0.25, 0.3) is 0 Å². The molecule has 1 unspecified atom stereocenters. The van der Waals surface area contributed by atoms with Crippen molar-refractivity contribution in [2.75, 3.05) is 11.5 Å². The van der Waals surface area contributed by atoms with Crippen LogP contribution >= 0.6 is 23.4 Å². The Morgan fingerprint density at radius 3 is 2.37 bits per heavy atom. The van der Waals surface area contributed by atoms with Crippen molar-refractivity contribution in [3.05, 3.63) is 82.1 Å². The maximum Gasteiger partial charge on any atom is 0.338 e. The summed E-state index contributed by atoms with van der Waals surface area (Å²) in [5, 5.41) is 0.0857. The molecular formula is C25H20ClN3O5S. The Labute approximate surface area is 210 Å². The van der Waals surface area contributed by atoms with Crippen LogP contribution in [0.25, 0.3) is 0 Å². The van der Waals surface area contributed by atoms with E-state index in [1.54, 1.807) is 24.3 Å². The van der Waals surface area contributed by atoms with Gasteiger partial charge in [0.15, 0.2) is 11.8 Å². The van der Waals surface area contributed by atoms with E-state index in [2.05, 4.69) is 9.97 Å². The summed E-state index contributed by atoms with van der Waals surface area (Å²) in [4.78, 5) is 59.9. The van der Waals surface area contributed by atoms with Crippen LogP contribution in [0.15, 0.2) is 59.8 Å². The normalized spacial score (nSPS) is 15.4. The molecule has 8 nitrogen and oxygen atoms in total. The van der Waals surface area contributed by atoms with Gasteiger partial charge in [0.1, 0.15) is 5.25 Å². The summed E-state index contributed by atoms with van der Waals surface area (Å²) in [5.41, 5.74) is 2.35. The van der Waals surface area contributed by atoms with E-state index in [4.69, 9.17) is 16.3 Å². The van der Waals surface area contributed by atoms with E-state index < -0.39 is 23.6 Å². The second-order valence-electron chi connectivity index (χ2n) is 7.84. The Kier molecular flexibility index (Phi) is 7.28. The number of hydrogen-bond donors (Lipinski definition) is 0. The topological polar surface area (TPSA) is 107 Å². The Balaban J connectivity index is 1.40. The van der Waals surface area contributed by atoms with E-state index in [1.165, 1.54) is 24.3 Å². The van der Waals surface area contributed by atoms with Crippen LogP contribution < -0.4 is 4.90 Å². The molecule has 0 aliphatic carbocycles. The third kappa shape index (κ3) is 5.58. The first-order chi connectivity index (χ1) is 16.7. The summed E-state index contributed by atoms with van der Waals surface area (Å²) in [6.07, 6.45) is 0.0216. The number of carbonyl (C=O) groups excluding carboxylic acids is 4. The van der Waals surface area contributed by atoms with Crippen LogP contribution in [0, 0.1) is 13.8 Å². The minimum absolute atomic E-state index is 0.0216. The summed E-state index contributed by atoms with van der Waals surface area (Å²) in [7, 11) is 0. The van der Waals surface area contributed by atoms with Crippen molar-refractivity contribution in [1.29, 1.82) is 0 Å². The number of rotatable bonds is 7. The smallest absolute Gasteiger partial charge is 0.338 e. The van der Waals surface area contributed by atoms with E-state index in [1.807, 2.05) is 19.9 Å². The van der Waals surface area contributed by atoms with Crippen molar-refractivity contribution in [1.82, 2.24) is 9.97 Å². The summed E-state index contributed by atoms with van der Waals surface area (Å²) >= 11 is 7.15. The lowest BCUT2D eigenvalue weighted by molar-refractivity contribution is -0.121. The minimum atomic E-state index is -0.712. The molecule has 1 atom stereocenters. The molecule has 0 spiro atoms. The first kappa shape index (κ1) is 24.6. The van der Waals surface area contributed by atoms with Crippen molar-refractivity contribution in [2.45, 2.75) is 30.7 Å². The van der Waals surface area contributed by atoms with Crippen molar-refractivity contribution in [3.8, 4) is 0 Å². The third-order valence-electron chi connectivity index (χ3n) is 5.18. The second-order valence-corrected chi connectivity index (χ2v) is 9.41. The highest BCUT2D eigenvalue weighted by atomic mass is 35.5. The number of esters is 1. The maximum absolute atomic E-state index is 12.9. The van der Waals surface area contributed by atoms with Gasteiger partial charge in [0.2, 0.25) is 17.6 Å². The number of carbonyl (C=O) groups is 4. The lowest BCUT2D eigenvalue weighted by atomic mass is 10.1. The number of anilines is 1. The van der Waals surface area contributed by atoms with Crippen LogP contribution in [-0.4, -0.2) is 45.4 Å². The van der Waals surface area contributed by atoms with Gasteiger partial charge in [-0.3, -0.25) is 14.4 Å². The predicted octanol–water partition coefficient (Wildman–Crippen LogP) is 4.21. The number of aryl methyl sites for hydroxylation is 2. The van der Waals surface area contributed by atoms with Gasteiger partial charge < -0.3 is 4.74 Å². The van der Waals surface area contributed by atoms with E-state index in [0.717, 1.165) is 28.0 Å². The monoisotopic (exact) mass is 509 g/mol. The molecule has 2 heterocycles. The number of imide groups is 1. The Morgan fingerprint density at radius 1 is 1.06 bits per heavy atom. The molecule has 1 aromatic heterocycles. The number of ether oxygens (including phenoxy) is 1. The van der Waals surface area contributed by atoms with Crippen LogP contribution in [0.2, 0.25) is 5.02 Å². The van der Waals surface area contributed by atoms with Crippen LogP contribution in [0.1, 0.15) is 38.5 Å². The molecule has 178 valence electrons. The lowest BCUT2D eigenvalue weighted by Crippen LogP contribution is -2.31.